The van der Waals surface area contributed by atoms with Gasteiger partial charge in [-0.2, -0.15) is 0 Å². The molecule has 2 heterocycles. The van der Waals surface area contributed by atoms with Crippen molar-refractivity contribution in [3.05, 3.63) is 36.2 Å². The molecule has 0 radical (unpaired) electrons. The van der Waals surface area contributed by atoms with Gasteiger partial charge in [0.1, 0.15) is 12.4 Å². The Hall–Kier alpha value is -2.27. The Morgan fingerprint density at radius 2 is 2.15 bits per heavy atom. The minimum atomic E-state index is -4.68. The molecule has 1 unspecified atom stereocenters. The van der Waals surface area contributed by atoms with Crippen LogP contribution < -0.4 is 5.32 Å². The summed E-state index contributed by atoms with van der Waals surface area (Å²) >= 11 is 1.53. The second kappa shape index (κ2) is 7.77. The number of aromatic nitrogens is 3. The normalized spacial score (nSPS) is 16.1. The minimum absolute atomic E-state index is 0.0679. The van der Waals surface area contributed by atoms with Gasteiger partial charge < -0.3 is 14.8 Å². The zero-order chi connectivity index (χ0) is 19.6. The number of amides is 2. The molecule has 1 aliphatic heterocycles. The van der Waals surface area contributed by atoms with Crippen molar-refractivity contribution < 1.29 is 22.7 Å². The predicted molar refractivity (Wildman–Crippen MR) is 93.2 cm³/mol. The highest BCUT2D eigenvalue weighted by Gasteiger charge is 2.40. The zero-order valence-corrected chi connectivity index (χ0v) is 15.4. The van der Waals surface area contributed by atoms with Crippen molar-refractivity contribution in [2.45, 2.75) is 29.8 Å². The van der Waals surface area contributed by atoms with Crippen molar-refractivity contribution in [1.29, 1.82) is 0 Å². The summed E-state index contributed by atoms with van der Waals surface area (Å²) in [6.45, 7) is 1.82. The van der Waals surface area contributed by atoms with E-state index in [4.69, 9.17) is 0 Å². The molecule has 2 amide bonds. The predicted octanol–water partition coefficient (Wildman–Crippen LogP) is 3.42. The third-order valence-corrected chi connectivity index (χ3v) is 5.20. The number of thioether (sulfide) groups is 1. The van der Waals surface area contributed by atoms with Gasteiger partial charge in [0.25, 0.3) is 0 Å². The van der Waals surface area contributed by atoms with Gasteiger partial charge in [-0.25, -0.2) is 4.79 Å². The fourth-order valence-electron chi connectivity index (χ4n) is 2.54. The van der Waals surface area contributed by atoms with Crippen molar-refractivity contribution >= 4 is 23.5 Å². The second-order valence-corrected chi connectivity index (χ2v) is 7.44. The Kier molecular flexibility index (Phi) is 5.61. The van der Waals surface area contributed by atoms with Crippen LogP contribution >= 0.6 is 11.8 Å². The maximum atomic E-state index is 12.1. The molecule has 27 heavy (non-hydrogen) atoms. The van der Waals surface area contributed by atoms with E-state index in [0.717, 1.165) is 10.7 Å². The average molecular weight is 401 g/mol. The first-order valence-corrected chi connectivity index (χ1v) is 9.00. The van der Waals surface area contributed by atoms with E-state index in [0.29, 0.717) is 5.69 Å². The number of carbonyl (C=O) groups excluding carboxylic acids is 1. The summed E-state index contributed by atoms with van der Waals surface area (Å²) in [6, 6.07) is 6.84. The van der Waals surface area contributed by atoms with E-state index in [1.54, 1.807) is 12.4 Å². The van der Waals surface area contributed by atoms with Gasteiger partial charge in [0.15, 0.2) is 5.16 Å². The van der Waals surface area contributed by atoms with Crippen LogP contribution in [0.15, 0.2) is 35.7 Å². The van der Waals surface area contributed by atoms with Crippen LogP contribution in [0, 0.1) is 0 Å². The summed E-state index contributed by atoms with van der Waals surface area (Å²) in [4.78, 5) is 13.4. The van der Waals surface area contributed by atoms with Gasteiger partial charge in [0.2, 0.25) is 0 Å². The van der Waals surface area contributed by atoms with Gasteiger partial charge in [0.05, 0.1) is 13.1 Å². The molecule has 1 aromatic heterocycles. The number of alkyl halides is 3. The van der Waals surface area contributed by atoms with E-state index in [9.17, 15) is 18.0 Å². The van der Waals surface area contributed by atoms with E-state index in [1.807, 2.05) is 36.7 Å². The molecular formula is C16H18F3N5O2S. The summed E-state index contributed by atoms with van der Waals surface area (Å²) in [5, 5.41) is 11.4. The highest BCUT2D eigenvalue weighted by Crippen LogP contribution is 2.34. The summed E-state index contributed by atoms with van der Waals surface area (Å²) in [6.07, 6.45) is -4.07. The molecule has 1 aliphatic rings. The fraction of sp³-hybridized carbons (Fsp3) is 0.438. The number of aryl methyl sites for hydroxylation is 1. The van der Waals surface area contributed by atoms with Crippen molar-refractivity contribution in [3.63, 3.8) is 0 Å². The smallest absolute Gasteiger partial charge is 0.319 e. The van der Waals surface area contributed by atoms with E-state index in [2.05, 4.69) is 20.3 Å². The summed E-state index contributed by atoms with van der Waals surface area (Å²) < 4.78 is 42.1. The molecule has 0 bridgehead atoms. The third kappa shape index (κ3) is 5.13. The fourth-order valence-corrected chi connectivity index (χ4v) is 3.45. The van der Waals surface area contributed by atoms with Crippen LogP contribution in [0.1, 0.15) is 17.7 Å². The van der Waals surface area contributed by atoms with Gasteiger partial charge in [-0.1, -0.05) is 23.9 Å². The molecule has 2 aromatic rings. The lowest BCUT2D eigenvalue weighted by Crippen LogP contribution is -2.57. The molecule has 1 saturated heterocycles. The Morgan fingerprint density at radius 3 is 2.78 bits per heavy atom. The number of halogens is 3. The molecular weight excluding hydrogens is 383 g/mol. The number of nitrogens with one attached hydrogen (secondary N) is 1. The van der Waals surface area contributed by atoms with E-state index >= 15 is 0 Å². The lowest BCUT2D eigenvalue weighted by atomic mass is 10.1. The molecule has 1 aromatic carbocycles. The van der Waals surface area contributed by atoms with Crippen molar-refractivity contribution in [1.82, 2.24) is 19.7 Å². The maximum absolute atomic E-state index is 12.1. The molecule has 1 fully saturated rings. The van der Waals surface area contributed by atoms with Gasteiger partial charge in [-0.15, -0.1) is 23.4 Å². The number of rotatable bonds is 5. The van der Waals surface area contributed by atoms with Gasteiger partial charge in [-0.3, -0.25) is 4.74 Å². The minimum Gasteiger partial charge on any atom is -0.319 e. The maximum Gasteiger partial charge on any atom is 0.522 e. The number of likely N-dealkylation sites (tertiary alicyclic amines) is 1. The van der Waals surface area contributed by atoms with Crippen molar-refractivity contribution in [2.75, 3.05) is 18.4 Å². The van der Waals surface area contributed by atoms with E-state index in [-0.39, 0.29) is 18.3 Å². The summed E-state index contributed by atoms with van der Waals surface area (Å²) in [5.41, 5.74) is 1.55. The first-order valence-electron chi connectivity index (χ1n) is 8.12. The van der Waals surface area contributed by atoms with Crippen LogP contribution in [-0.2, 0) is 11.8 Å². The highest BCUT2D eigenvalue weighted by atomic mass is 32.2. The van der Waals surface area contributed by atoms with Crippen LogP contribution in [0.3, 0.4) is 0 Å². The van der Waals surface area contributed by atoms with Gasteiger partial charge in [0, 0.05) is 18.0 Å². The van der Waals surface area contributed by atoms with Crippen LogP contribution in [0.25, 0.3) is 0 Å². The largest absolute Gasteiger partial charge is 0.522 e. The summed E-state index contributed by atoms with van der Waals surface area (Å²) in [5.74, 6) is 0. The van der Waals surface area contributed by atoms with E-state index in [1.165, 1.54) is 16.7 Å². The molecule has 146 valence electrons. The Morgan fingerprint density at radius 1 is 1.41 bits per heavy atom. The molecule has 7 nitrogen and oxygen atoms in total. The van der Waals surface area contributed by atoms with Crippen molar-refractivity contribution in [3.8, 4) is 0 Å². The van der Waals surface area contributed by atoms with Crippen LogP contribution in [0.5, 0.6) is 0 Å². The first-order chi connectivity index (χ1) is 12.7. The van der Waals surface area contributed by atoms with Gasteiger partial charge >= 0.3 is 12.4 Å². The Bertz CT molecular complexity index is 807. The Labute approximate surface area is 157 Å². The number of hydrogen-bond acceptors (Lipinski definition) is 5. The van der Waals surface area contributed by atoms with Crippen LogP contribution in [0.4, 0.5) is 23.7 Å². The molecule has 0 spiro atoms. The molecule has 1 N–H and O–H groups in total. The SMILES string of the molecule is CC(Sc1nncn1C)c1cccc(NC(=O)N2CC(OC(F)(F)F)C2)c1. The lowest BCUT2D eigenvalue weighted by Gasteiger charge is -2.38. The van der Waals surface area contributed by atoms with Crippen LogP contribution in [0.2, 0.25) is 0 Å². The Balaban J connectivity index is 1.55. The topological polar surface area (TPSA) is 72.3 Å². The molecule has 3 rings (SSSR count). The quantitative estimate of drug-likeness (QED) is 0.778. The average Bonchev–Trinajstić information content (AvgIpc) is 2.94. The molecule has 0 aliphatic carbocycles. The zero-order valence-electron chi connectivity index (χ0n) is 14.6. The van der Waals surface area contributed by atoms with E-state index < -0.39 is 18.5 Å². The monoisotopic (exact) mass is 401 g/mol. The van der Waals surface area contributed by atoms with Crippen LogP contribution in [-0.4, -0.2) is 51.3 Å². The number of hydrogen-bond donors (Lipinski definition) is 1. The van der Waals surface area contributed by atoms with Gasteiger partial charge in [-0.05, 0) is 24.6 Å². The number of anilines is 1. The lowest BCUT2D eigenvalue weighted by molar-refractivity contribution is -0.352. The third-order valence-electron chi connectivity index (χ3n) is 3.99. The molecule has 0 saturated carbocycles. The first kappa shape index (κ1) is 19.5. The standard InChI is InChI=1S/C16H18F3N5O2S/c1-10(27-15-22-20-9-23(15)2)11-4-3-5-12(6-11)21-14(25)24-7-13(8-24)26-16(17,18)19/h3-6,9-10,13H,7-8H2,1-2H3,(H,21,25). The highest BCUT2D eigenvalue weighted by molar-refractivity contribution is 7.99. The number of benzene rings is 1. The number of ether oxygens (including phenoxy) is 1. The number of urea groups is 1. The second-order valence-electron chi connectivity index (χ2n) is 6.13. The van der Waals surface area contributed by atoms with Crippen molar-refractivity contribution in [2.24, 2.45) is 7.05 Å². The molecule has 11 heteroatoms. The molecule has 1 atom stereocenters. The number of carbonyl (C=O) groups is 1. The summed E-state index contributed by atoms with van der Waals surface area (Å²) in [7, 11) is 1.86. The number of nitrogens with zero attached hydrogens (tertiary/aromatic N) is 4.